The van der Waals surface area contributed by atoms with Gasteiger partial charge in [-0.2, -0.15) is 0 Å². The summed E-state index contributed by atoms with van der Waals surface area (Å²) in [5, 5.41) is 3.01. The summed E-state index contributed by atoms with van der Waals surface area (Å²) in [5.41, 5.74) is 1.43. The summed E-state index contributed by atoms with van der Waals surface area (Å²) in [6, 6.07) is 14.1. The monoisotopic (exact) mass is 380 g/mol. The van der Waals surface area contributed by atoms with E-state index in [1.54, 1.807) is 36.4 Å². The van der Waals surface area contributed by atoms with Crippen LogP contribution in [0.1, 0.15) is 27.7 Å². The molecule has 0 radical (unpaired) electrons. The molecule has 6 nitrogen and oxygen atoms in total. The SMILES string of the molecule is CC(C)Oc1ccc(NC2=CC(=O)N(c3ccc(OC(C)C)cc3)C2=O)cc1. The largest absolute Gasteiger partial charge is 0.491 e. The van der Waals surface area contributed by atoms with Gasteiger partial charge in [-0.1, -0.05) is 0 Å². The number of benzene rings is 2. The highest BCUT2D eigenvalue weighted by molar-refractivity contribution is 6.31. The summed E-state index contributed by atoms with van der Waals surface area (Å²) >= 11 is 0. The molecule has 6 heteroatoms. The minimum Gasteiger partial charge on any atom is -0.491 e. The summed E-state index contributed by atoms with van der Waals surface area (Å²) in [4.78, 5) is 26.2. The van der Waals surface area contributed by atoms with Crippen molar-refractivity contribution in [3.63, 3.8) is 0 Å². The van der Waals surface area contributed by atoms with Crippen molar-refractivity contribution >= 4 is 23.2 Å². The molecule has 2 aromatic rings. The molecule has 1 aliphatic heterocycles. The Hall–Kier alpha value is -3.28. The summed E-state index contributed by atoms with van der Waals surface area (Å²) in [6.45, 7) is 7.78. The maximum Gasteiger partial charge on any atom is 0.281 e. The smallest absolute Gasteiger partial charge is 0.281 e. The molecule has 2 aromatic carbocycles. The minimum absolute atomic E-state index is 0.0516. The fourth-order valence-corrected chi connectivity index (χ4v) is 2.79. The highest BCUT2D eigenvalue weighted by Gasteiger charge is 2.32. The van der Waals surface area contributed by atoms with Crippen LogP contribution in [0.3, 0.4) is 0 Å². The topological polar surface area (TPSA) is 67.9 Å². The van der Waals surface area contributed by atoms with Crippen LogP contribution in [0, 0.1) is 0 Å². The third-order valence-corrected chi connectivity index (χ3v) is 3.89. The van der Waals surface area contributed by atoms with E-state index in [1.165, 1.54) is 6.08 Å². The molecule has 0 fully saturated rings. The number of anilines is 2. The second-order valence-electron chi connectivity index (χ2n) is 7.01. The summed E-state index contributed by atoms with van der Waals surface area (Å²) in [6.07, 6.45) is 1.44. The number of carbonyl (C=O) groups is 2. The third-order valence-electron chi connectivity index (χ3n) is 3.89. The average Bonchev–Trinajstić information content (AvgIpc) is 2.90. The first-order chi connectivity index (χ1) is 13.3. The van der Waals surface area contributed by atoms with Crippen LogP contribution >= 0.6 is 0 Å². The van der Waals surface area contributed by atoms with Gasteiger partial charge in [-0.25, -0.2) is 4.90 Å². The predicted octanol–water partition coefficient (Wildman–Crippen LogP) is 4.13. The Morgan fingerprint density at radius 3 is 1.79 bits per heavy atom. The van der Waals surface area contributed by atoms with E-state index in [-0.39, 0.29) is 23.8 Å². The molecule has 1 N–H and O–H groups in total. The lowest BCUT2D eigenvalue weighted by atomic mass is 10.2. The fraction of sp³-hybridized carbons (Fsp3) is 0.273. The van der Waals surface area contributed by atoms with E-state index in [0.717, 1.165) is 10.6 Å². The first kappa shape index (κ1) is 19.5. The zero-order valence-corrected chi connectivity index (χ0v) is 16.4. The van der Waals surface area contributed by atoms with E-state index in [9.17, 15) is 9.59 Å². The molecule has 1 aliphatic rings. The number of rotatable bonds is 7. The molecule has 146 valence electrons. The van der Waals surface area contributed by atoms with Crippen molar-refractivity contribution < 1.29 is 19.1 Å². The van der Waals surface area contributed by atoms with Crippen LogP contribution in [0.4, 0.5) is 11.4 Å². The number of hydrogen-bond donors (Lipinski definition) is 1. The Labute approximate surface area is 164 Å². The van der Waals surface area contributed by atoms with Gasteiger partial charge in [0.25, 0.3) is 11.8 Å². The summed E-state index contributed by atoms with van der Waals surface area (Å²) < 4.78 is 11.2. The highest BCUT2D eigenvalue weighted by Crippen LogP contribution is 2.26. The molecule has 28 heavy (non-hydrogen) atoms. The molecule has 0 unspecified atom stereocenters. The summed E-state index contributed by atoms with van der Waals surface area (Å²) in [7, 11) is 0. The lowest BCUT2D eigenvalue weighted by Crippen LogP contribution is -2.31. The Bertz CT molecular complexity index is 884. The van der Waals surface area contributed by atoms with Gasteiger partial charge in [-0.3, -0.25) is 9.59 Å². The zero-order valence-electron chi connectivity index (χ0n) is 16.4. The first-order valence-electron chi connectivity index (χ1n) is 9.24. The van der Waals surface area contributed by atoms with E-state index in [0.29, 0.717) is 17.1 Å². The van der Waals surface area contributed by atoms with Crippen molar-refractivity contribution in [3.8, 4) is 11.5 Å². The van der Waals surface area contributed by atoms with Gasteiger partial charge in [0.2, 0.25) is 0 Å². The van der Waals surface area contributed by atoms with Crippen LogP contribution in [0.15, 0.2) is 60.3 Å². The van der Waals surface area contributed by atoms with E-state index in [4.69, 9.17) is 9.47 Å². The molecule has 0 saturated carbocycles. The van der Waals surface area contributed by atoms with Gasteiger partial charge in [0, 0.05) is 11.8 Å². The molecule has 0 spiro atoms. The van der Waals surface area contributed by atoms with Crippen molar-refractivity contribution in [1.29, 1.82) is 0 Å². The van der Waals surface area contributed by atoms with E-state index >= 15 is 0 Å². The number of hydrogen-bond acceptors (Lipinski definition) is 5. The van der Waals surface area contributed by atoms with Gasteiger partial charge in [-0.15, -0.1) is 0 Å². The number of carbonyl (C=O) groups excluding carboxylic acids is 2. The molecule has 2 amide bonds. The molecule has 0 bridgehead atoms. The molecule has 0 aliphatic carbocycles. The highest BCUT2D eigenvalue weighted by atomic mass is 16.5. The Kier molecular flexibility index (Phi) is 5.68. The second kappa shape index (κ2) is 8.17. The van der Waals surface area contributed by atoms with Crippen molar-refractivity contribution in [2.24, 2.45) is 0 Å². The molecule has 3 rings (SSSR count). The van der Waals surface area contributed by atoms with Crippen LogP contribution in [0.5, 0.6) is 11.5 Å². The van der Waals surface area contributed by atoms with Gasteiger partial charge >= 0.3 is 0 Å². The maximum atomic E-state index is 12.7. The van der Waals surface area contributed by atoms with Crippen molar-refractivity contribution in [2.75, 3.05) is 10.2 Å². The molecule has 1 heterocycles. The van der Waals surface area contributed by atoms with Crippen molar-refractivity contribution in [3.05, 3.63) is 60.3 Å². The Morgan fingerprint density at radius 1 is 0.786 bits per heavy atom. The number of nitrogens with zero attached hydrogens (tertiary/aromatic N) is 1. The average molecular weight is 380 g/mol. The van der Waals surface area contributed by atoms with Gasteiger partial charge in [0.15, 0.2) is 0 Å². The number of imide groups is 1. The molecule has 0 saturated heterocycles. The van der Waals surface area contributed by atoms with Crippen LogP contribution in [0.25, 0.3) is 0 Å². The van der Waals surface area contributed by atoms with Crippen LogP contribution in [-0.4, -0.2) is 24.0 Å². The number of nitrogens with one attached hydrogen (secondary N) is 1. The Balaban J connectivity index is 1.69. The normalized spacial score (nSPS) is 13.9. The van der Waals surface area contributed by atoms with E-state index in [2.05, 4.69) is 5.32 Å². The lowest BCUT2D eigenvalue weighted by molar-refractivity contribution is -0.120. The van der Waals surface area contributed by atoms with Crippen molar-refractivity contribution in [1.82, 2.24) is 0 Å². The first-order valence-corrected chi connectivity index (χ1v) is 9.24. The Morgan fingerprint density at radius 2 is 1.29 bits per heavy atom. The van der Waals surface area contributed by atoms with Crippen LogP contribution in [-0.2, 0) is 9.59 Å². The maximum absolute atomic E-state index is 12.7. The third kappa shape index (κ3) is 4.52. The molecular weight excluding hydrogens is 356 g/mol. The van der Waals surface area contributed by atoms with E-state index in [1.807, 2.05) is 39.8 Å². The quantitative estimate of drug-likeness (QED) is 0.732. The second-order valence-corrected chi connectivity index (χ2v) is 7.01. The zero-order chi connectivity index (χ0) is 20.3. The number of ether oxygens (including phenoxy) is 2. The van der Waals surface area contributed by atoms with Gasteiger partial charge in [0.1, 0.15) is 17.2 Å². The van der Waals surface area contributed by atoms with Crippen molar-refractivity contribution in [2.45, 2.75) is 39.9 Å². The minimum atomic E-state index is -0.398. The molecule has 0 atom stereocenters. The fourth-order valence-electron chi connectivity index (χ4n) is 2.79. The van der Waals surface area contributed by atoms with E-state index < -0.39 is 5.91 Å². The van der Waals surface area contributed by atoms with Crippen LogP contribution < -0.4 is 19.7 Å². The standard InChI is InChI=1S/C22H24N2O4/c1-14(2)27-18-9-5-16(6-10-18)23-20-13-21(25)24(22(20)26)17-7-11-19(12-8-17)28-15(3)4/h5-15,23H,1-4H3. The van der Waals surface area contributed by atoms with Crippen LogP contribution in [0.2, 0.25) is 0 Å². The summed E-state index contributed by atoms with van der Waals surface area (Å²) in [5.74, 6) is 0.649. The predicted molar refractivity (Wildman–Crippen MR) is 109 cm³/mol. The lowest BCUT2D eigenvalue weighted by Gasteiger charge is -2.16. The molecular formula is C22H24N2O4. The van der Waals surface area contributed by atoms with Gasteiger partial charge in [0.05, 0.1) is 17.9 Å². The van der Waals surface area contributed by atoms with Gasteiger partial charge in [-0.05, 0) is 76.2 Å². The van der Waals surface area contributed by atoms with Gasteiger partial charge < -0.3 is 14.8 Å². The number of amides is 2. The molecule has 0 aromatic heterocycles.